The fraction of sp³-hybridized carbons (Fsp3) is 0.423. The van der Waals surface area contributed by atoms with Gasteiger partial charge in [0.2, 0.25) is 11.8 Å². The van der Waals surface area contributed by atoms with E-state index in [1.807, 2.05) is 25.2 Å². The van der Waals surface area contributed by atoms with Crippen molar-refractivity contribution in [2.45, 2.75) is 38.0 Å². The number of hydrogen-bond acceptors (Lipinski definition) is 7. The molecule has 1 aliphatic heterocycles. The first kappa shape index (κ1) is 25.7. The third-order valence-electron chi connectivity index (χ3n) is 6.02. The number of fused-ring (bicyclic) bond motifs is 1. The summed E-state index contributed by atoms with van der Waals surface area (Å²) in [6.07, 6.45) is 1.56. The molecule has 1 N–H and O–H groups in total. The highest BCUT2D eigenvalue weighted by Gasteiger charge is 2.39. The van der Waals surface area contributed by atoms with Gasteiger partial charge in [0, 0.05) is 23.6 Å². The molecule has 0 saturated carbocycles. The number of nitrogens with zero attached hydrogens (tertiary/aromatic N) is 3. The molecule has 1 aromatic carbocycles. The number of carbonyl (C=O) groups excluding carboxylic acids is 2. The Kier molecular flexibility index (Phi) is 7.35. The maximum atomic E-state index is 13.4. The van der Waals surface area contributed by atoms with E-state index in [0.717, 1.165) is 16.8 Å². The van der Waals surface area contributed by atoms with Crippen molar-refractivity contribution in [1.82, 2.24) is 15.1 Å². The first-order valence-corrected chi connectivity index (χ1v) is 12.7. The minimum atomic E-state index is -0.309. The van der Waals surface area contributed by atoms with E-state index in [2.05, 4.69) is 26.1 Å². The summed E-state index contributed by atoms with van der Waals surface area (Å²) in [6, 6.07) is 9.21. The Morgan fingerprint density at radius 3 is 2.67 bits per heavy atom. The molecule has 3 aromatic rings. The van der Waals surface area contributed by atoms with Gasteiger partial charge in [-0.1, -0.05) is 20.8 Å². The average Bonchev–Trinajstić information content (AvgIpc) is 3.46. The van der Waals surface area contributed by atoms with Crippen molar-refractivity contribution in [2.24, 2.45) is 7.05 Å². The quantitative estimate of drug-likeness (QED) is 0.514. The molecule has 1 unspecified atom stereocenters. The van der Waals surface area contributed by atoms with Gasteiger partial charge in [0.15, 0.2) is 0 Å². The summed E-state index contributed by atoms with van der Waals surface area (Å²) in [5, 5.41) is 7.43. The van der Waals surface area contributed by atoms with Crippen LogP contribution >= 0.6 is 11.8 Å². The summed E-state index contributed by atoms with van der Waals surface area (Å²) < 4.78 is 18.2. The molecule has 9 nitrogen and oxygen atoms in total. The fourth-order valence-corrected chi connectivity index (χ4v) is 5.54. The summed E-state index contributed by atoms with van der Waals surface area (Å²) in [5.41, 5.74) is 2.33. The van der Waals surface area contributed by atoms with Gasteiger partial charge in [-0.25, -0.2) is 0 Å². The number of methoxy groups -OCH3 is 2. The molecule has 0 bridgehead atoms. The van der Waals surface area contributed by atoms with Crippen molar-refractivity contribution in [3.05, 3.63) is 59.2 Å². The van der Waals surface area contributed by atoms with E-state index >= 15 is 0 Å². The van der Waals surface area contributed by atoms with Crippen molar-refractivity contribution in [2.75, 3.05) is 31.4 Å². The number of ether oxygens (including phenoxy) is 2. The van der Waals surface area contributed by atoms with Crippen LogP contribution in [0.5, 0.6) is 11.5 Å². The lowest BCUT2D eigenvalue weighted by Gasteiger charge is -2.25. The SMILES string of the molecule is COc1ccc(OC)c(C2SCC(=O)N(CC(=O)NCc3ccco3)c3c2c(C(C)(C)C)nn3C)c1. The molecule has 36 heavy (non-hydrogen) atoms. The van der Waals surface area contributed by atoms with Crippen molar-refractivity contribution in [1.29, 1.82) is 0 Å². The third kappa shape index (κ3) is 5.09. The van der Waals surface area contributed by atoms with Gasteiger partial charge in [-0.05, 0) is 30.3 Å². The largest absolute Gasteiger partial charge is 0.497 e. The van der Waals surface area contributed by atoms with Crippen LogP contribution in [0.3, 0.4) is 0 Å². The Labute approximate surface area is 215 Å². The summed E-state index contributed by atoms with van der Waals surface area (Å²) in [5.74, 6) is 2.38. The standard InChI is InChI=1S/C26H32N4O5S/c1-26(2,3)24-22-23(18-12-16(33-5)9-10-19(18)34-6)36-15-21(32)30(25(22)29(4)28-24)14-20(31)27-13-17-8-7-11-35-17/h7-12,23H,13-15H2,1-6H3,(H,27,31). The van der Waals surface area contributed by atoms with Crippen molar-refractivity contribution in [3.63, 3.8) is 0 Å². The zero-order chi connectivity index (χ0) is 26.0. The molecule has 0 aliphatic carbocycles. The summed E-state index contributed by atoms with van der Waals surface area (Å²) in [4.78, 5) is 27.9. The van der Waals surface area contributed by atoms with E-state index in [0.29, 0.717) is 23.1 Å². The molecule has 3 heterocycles. The molecule has 0 radical (unpaired) electrons. The van der Waals surface area contributed by atoms with Gasteiger partial charge in [0.1, 0.15) is 29.6 Å². The number of benzene rings is 1. The van der Waals surface area contributed by atoms with Crippen molar-refractivity contribution in [3.8, 4) is 11.5 Å². The minimum Gasteiger partial charge on any atom is -0.497 e. The van der Waals surface area contributed by atoms with Crippen molar-refractivity contribution < 1.29 is 23.5 Å². The summed E-state index contributed by atoms with van der Waals surface area (Å²) in [7, 11) is 5.06. The monoisotopic (exact) mass is 512 g/mol. The number of aromatic nitrogens is 2. The van der Waals surface area contributed by atoms with Gasteiger partial charge in [-0.3, -0.25) is 19.2 Å². The van der Waals surface area contributed by atoms with E-state index in [1.54, 1.807) is 37.3 Å². The van der Waals surface area contributed by atoms with Crippen molar-refractivity contribution >= 4 is 29.4 Å². The number of aryl methyl sites for hydroxylation is 1. The van der Waals surface area contributed by atoms with E-state index < -0.39 is 0 Å². The van der Waals surface area contributed by atoms with Gasteiger partial charge in [-0.15, -0.1) is 11.8 Å². The second-order valence-electron chi connectivity index (χ2n) is 9.59. The van der Waals surface area contributed by atoms with Crippen LogP contribution < -0.4 is 19.7 Å². The molecule has 4 rings (SSSR count). The predicted molar refractivity (Wildman–Crippen MR) is 139 cm³/mol. The fourth-order valence-electron chi connectivity index (χ4n) is 4.33. The van der Waals surface area contributed by atoms with Crippen LogP contribution in [0.4, 0.5) is 5.82 Å². The van der Waals surface area contributed by atoms with Crippen LogP contribution in [0, 0.1) is 0 Å². The normalized spacial score (nSPS) is 15.9. The minimum absolute atomic E-state index is 0.127. The third-order valence-corrected chi connectivity index (χ3v) is 7.25. The molecular weight excluding hydrogens is 480 g/mol. The van der Waals surface area contributed by atoms with Gasteiger partial charge in [0.05, 0.1) is 43.7 Å². The van der Waals surface area contributed by atoms with E-state index in [1.165, 1.54) is 16.7 Å². The highest BCUT2D eigenvalue weighted by atomic mass is 32.2. The van der Waals surface area contributed by atoms with Crippen LogP contribution in [0.2, 0.25) is 0 Å². The number of anilines is 1. The molecule has 2 aromatic heterocycles. The maximum absolute atomic E-state index is 13.4. The van der Waals surface area contributed by atoms with Crippen LogP contribution in [0.15, 0.2) is 41.0 Å². The lowest BCUT2D eigenvalue weighted by Crippen LogP contribution is -2.42. The molecule has 2 amide bonds. The van der Waals surface area contributed by atoms with Crippen LogP contribution in [-0.2, 0) is 28.6 Å². The number of amides is 2. The Morgan fingerprint density at radius 1 is 1.25 bits per heavy atom. The van der Waals surface area contributed by atoms with Gasteiger partial charge >= 0.3 is 0 Å². The molecule has 0 spiro atoms. The highest BCUT2D eigenvalue weighted by molar-refractivity contribution is 8.00. The Balaban J connectivity index is 1.79. The number of furan rings is 1. The first-order valence-electron chi connectivity index (χ1n) is 11.6. The smallest absolute Gasteiger partial charge is 0.240 e. The zero-order valence-electron chi connectivity index (χ0n) is 21.5. The lowest BCUT2D eigenvalue weighted by atomic mass is 9.87. The van der Waals surface area contributed by atoms with Crippen LogP contribution in [-0.4, -0.2) is 48.1 Å². The molecule has 192 valence electrons. The predicted octanol–water partition coefficient (Wildman–Crippen LogP) is 3.81. The maximum Gasteiger partial charge on any atom is 0.240 e. The zero-order valence-corrected chi connectivity index (χ0v) is 22.3. The van der Waals surface area contributed by atoms with Crippen LogP contribution in [0.1, 0.15) is 48.6 Å². The molecular formula is C26H32N4O5S. The first-order chi connectivity index (χ1) is 17.1. The Morgan fingerprint density at radius 2 is 2.03 bits per heavy atom. The summed E-state index contributed by atoms with van der Waals surface area (Å²) >= 11 is 1.50. The van der Waals surface area contributed by atoms with E-state index in [-0.39, 0.29) is 41.3 Å². The highest BCUT2D eigenvalue weighted by Crippen LogP contribution is 2.50. The lowest BCUT2D eigenvalue weighted by molar-refractivity contribution is -0.123. The molecule has 1 aliphatic rings. The molecule has 0 saturated heterocycles. The second kappa shape index (κ2) is 10.3. The number of hydrogen-bond donors (Lipinski definition) is 1. The second-order valence-corrected chi connectivity index (χ2v) is 10.7. The topological polar surface area (TPSA) is 98.8 Å². The summed E-state index contributed by atoms with van der Waals surface area (Å²) in [6.45, 7) is 6.39. The number of thioether (sulfide) groups is 1. The Bertz CT molecular complexity index is 1250. The average molecular weight is 513 g/mol. The van der Waals surface area contributed by atoms with Gasteiger partial charge in [-0.2, -0.15) is 5.10 Å². The van der Waals surface area contributed by atoms with Gasteiger partial charge in [0.25, 0.3) is 0 Å². The van der Waals surface area contributed by atoms with Crippen LogP contribution in [0.25, 0.3) is 0 Å². The molecule has 10 heteroatoms. The number of rotatable bonds is 7. The number of carbonyl (C=O) groups is 2. The Hall–Kier alpha value is -3.40. The number of nitrogens with one attached hydrogen (secondary N) is 1. The van der Waals surface area contributed by atoms with E-state index in [4.69, 9.17) is 19.0 Å². The van der Waals surface area contributed by atoms with E-state index in [9.17, 15) is 9.59 Å². The molecule has 1 atom stereocenters. The molecule has 0 fully saturated rings. The van der Waals surface area contributed by atoms with Gasteiger partial charge < -0.3 is 19.2 Å².